The SMILES string of the molecule is O=C(NC1CCCCC1)N1CC(N2C(=O)C3CC=CCC3C2=O)C1. The molecule has 2 aliphatic heterocycles. The molecule has 0 bridgehead atoms. The normalized spacial score (nSPS) is 31.2. The molecule has 24 heavy (non-hydrogen) atoms. The number of hydrogen-bond acceptors (Lipinski definition) is 3. The zero-order valence-electron chi connectivity index (χ0n) is 13.9. The maximum Gasteiger partial charge on any atom is 0.317 e. The summed E-state index contributed by atoms with van der Waals surface area (Å²) in [6.45, 7) is 0.950. The van der Waals surface area contributed by atoms with Crippen molar-refractivity contribution >= 4 is 17.8 Å². The van der Waals surface area contributed by atoms with Gasteiger partial charge in [0.25, 0.3) is 0 Å². The number of amides is 4. The van der Waals surface area contributed by atoms with Crippen LogP contribution in [-0.4, -0.2) is 52.8 Å². The van der Waals surface area contributed by atoms with Crippen LogP contribution in [0.4, 0.5) is 4.79 Å². The molecule has 2 aliphatic carbocycles. The Morgan fingerprint density at radius 2 is 1.54 bits per heavy atom. The monoisotopic (exact) mass is 331 g/mol. The van der Waals surface area contributed by atoms with Gasteiger partial charge < -0.3 is 10.2 Å². The zero-order chi connectivity index (χ0) is 16.7. The van der Waals surface area contributed by atoms with Gasteiger partial charge in [-0.3, -0.25) is 14.5 Å². The Bertz CT molecular complexity index is 550. The van der Waals surface area contributed by atoms with Gasteiger partial charge in [-0.1, -0.05) is 31.4 Å². The Balaban J connectivity index is 1.31. The van der Waals surface area contributed by atoms with Crippen molar-refractivity contribution in [3.63, 3.8) is 0 Å². The van der Waals surface area contributed by atoms with Gasteiger partial charge >= 0.3 is 6.03 Å². The topological polar surface area (TPSA) is 69.7 Å². The van der Waals surface area contributed by atoms with Crippen molar-refractivity contribution < 1.29 is 14.4 Å². The van der Waals surface area contributed by atoms with Crippen LogP contribution in [0.25, 0.3) is 0 Å². The van der Waals surface area contributed by atoms with E-state index in [9.17, 15) is 14.4 Å². The summed E-state index contributed by atoms with van der Waals surface area (Å²) in [6, 6.07) is 0.110. The van der Waals surface area contributed by atoms with Gasteiger partial charge in [0.1, 0.15) is 0 Å². The Labute approximate surface area is 142 Å². The molecule has 0 aromatic rings. The number of urea groups is 1. The van der Waals surface area contributed by atoms with Crippen molar-refractivity contribution in [2.24, 2.45) is 11.8 Å². The second-order valence-electron chi connectivity index (χ2n) is 7.55. The van der Waals surface area contributed by atoms with Crippen LogP contribution in [0.1, 0.15) is 44.9 Å². The van der Waals surface area contributed by atoms with Crippen LogP contribution in [0.2, 0.25) is 0 Å². The van der Waals surface area contributed by atoms with Gasteiger partial charge in [0, 0.05) is 19.1 Å². The maximum atomic E-state index is 12.5. The number of hydrogen-bond donors (Lipinski definition) is 1. The molecule has 4 amide bonds. The fourth-order valence-corrected chi connectivity index (χ4v) is 4.48. The standard InChI is InChI=1S/C18H25N3O3/c22-16-14-8-4-5-9-15(14)17(23)21(16)13-10-20(11-13)18(24)19-12-6-2-1-3-7-12/h4-5,12-15H,1-3,6-11H2,(H,19,24). The van der Waals surface area contributed by atoms with Crippen LogP contribution in [-0.2, 0) is 9.59 Å². The number of likely N-dealkylation sites (tertiary alicyclic amines) is 2. The first-order valence-corrected chi connectivity index (χ1v) is 9.22. The van der Waals surface area contributed by atoms with Crippen molar-refractivity contribution in [2.45, 2.75) is 57.0 Å². The molecule has 6 heteroatoms. The number of nitrogens with one attached hydrogen (secondary N) is 1. The number of rotatable bonds is 2. The molecule has 0 radical (unpaired) electrons. The summed E-state index contributed by atoms with van der Waals surface area (Å²) >= 11 is 0. The number of imide groups is 1. The molecule has 130 valence electrons. The summed E-state index contributed by atoms with van der Waals surface area (Å²) in [5.74, 6) is -0.418. The van der Waals surface area contributed by atoms with E-state index in [-0.39, 0.29) is 41.8 Å². The number of fused-ring (bicyclic) bond motifs is 1. The third kappa shape index (κ3) is 2.62. The minimum Gasteiger partial charge on any atom is -0.335 e. The lowest BCUT2D eigenvalue weighted by Gasteiger charge is -2.43. The van der Waals surface area contributed by atoms with Gasteiger partial charge in [-0.15, -0.1) is 0 Å². The number of allylic oxidation sites excluding steroid dienone is 2. The van der Waals surface area contributed by atoms with Crippen LogP contribution >= 0.6 is 0 Å². The molecule has 2 atom stereocenters. The molecule has 4 aliphatic rings. The van der Waals surface area contributed by atoms with Crippen molar-refractivity contribution in [3.8, 4) is 0 Å². The Hall–Kier alpha value is -1.85. The second kappa shape index (κ2) is 6.22. The smallest absolute Gasteiger partial charge is 0.317 e. The van der Waals surface area contributed by atoms with Gasteiger partial charge in [0.2, 0.25) is 11.8 Å². The third-order valence-electron chi connectivity index (χ3n) is 5.99. The first-order valence-electron chi connectivity index (χ1n) is 9.22. The van der Waals surface area contributed by atoms with E-state index >= 15 is 0 Å². The molecule has 3 fully saturated rings. The number of carbonyl (C=O) groups excluding carboxylic acids is 3. The highest BCUT2D eigenvalue weighted by Gasteiger charge is 2.52. The molecule has 0 aromatic heterocycles. The van der Waals surface area contributed by atoms with E-state index < -0.39 is 0 Å². The van der Waals surface area contributed by atoms with Crippen molar-refractivity contribution in [2.75, 3.05) is 13.1 Å². The Morgan fingerprint density at radius 3 is 2.12 bits per heavy atom. The van der Waals surface area contributed by atoms with E-state index in [2.05, 4.69) is 5.32 Å². The average molecular weight is 331 g/mol. The summed E-state index contributed by atoms with van der Waals surface area (Å²) in [7, 11) is 0. The summed E-state index contributed by atoms with van der Waals surface area (Å²) in [5, 5.41) is 3.09. The highest BCUT2D eigenvalue weighted by atomic mass is 16.2. The Kier molecular flexibility index (Phi) is 4.06. The minimum absolute atomic E-state index is 0.0355. The molecule has 6 nitrogen and oxygen atoms in total. The molecule has 1 saturated carbocycles. The quantitative estimate of drug-likeness (QED) is 0.618. The molecular weight excluding hydrogens is 306 g/mol. The lowest BCUT2D eigenvalue weighted by atomic mass is 9.85. The molecule has 2 heterocycles. The molecule has 1 N–H and O–H groups in total. The fourth-order valence-electron chi connectivity index (χ4n) is 4.48. The van der Waals surface area contributed by atoms with E-state index in [0.29, 0.717) is 25.9 Å². The highest BCUT2D eigenvalue weighted by molar-refractivity contribution is 6.06. The van der Waals surface area contributed by atoms with Crippen LogP contribution in [0.3, 0.4) is 0 Å². The molecule has 0 aromatic carbocycles. The largest absolute Gasteiger partial charge is 0.335 e. The van der Waals surface area contributed by atoms with Gasteiger partial charge in [0.15, 0.2) is 0 Å². The maximum absolute atomic E-state index is 12.5. The minimum atomic E-state index is -0.174. The first kappa shape index (κ1) is 15.7. The molecule has 2 unspecified atom stereocenters. The van der Waals surface area contributed by atoms with E-state index in [1.54, 1.807) is 4.90 Å². The second-order valence-corrected chi connectivity index (χ2v) is 7.55. The number of nitrogens with zero attached hydrogens (tertiary/aromatic N) is 2. The lowest BCUT2D eigenvalue weighted by Crippen LogP contribution is -2.64. The van der Waals surface area contributed by atoms with E-state index in [4.69, 9.17) is 0 Å². The van der Waals surface area contributed by atoms with Gasteiger partial charge in [-0.05, 0) is 25.7 Å². The van der Waals surface area contributed by atoms with Gasteiger partial charge in [-0.2, -0.15) is 0 Å². The van der Waals surface area contributed by atoms with Gasteiger partial charge in [0.05, 0.1) is 17.9 Å². The summed E-state index contributed by atoms with van der Waals surface area (Å²) in [6.07, 6.45) is 11.1. The van der Waals surface area contributed by atoms with Crippen LogP contribution < -0.4 is 5.32 Å². The van der Waals surface area contributed by atoms with Gasteiger partial charge in [-0.25, -0.2) is 4.79 Å². The molecule has 2 saturated heterocycles. The lowest BCUT2D eigenvalue weighted by molar-refractivity contribution is -0.145. The van der Waals surface area contributed by atoms with Crippen LogP contribution in [0.5, 0.6) is 0 Å². The Morgan fingerprint density at radius 1 is 0.958 bits per heavy atom. The predicted molar refractivity (Wildman–Crippen MR) is 88.0 cm³/mol. The molecule has 0 spiro atoms. The molecule has 4 rings (SSSR count). The molecular formula is C18H25N3O3. The van der Waals surface area contributed by atoms with E-state index in [1.165, 1.54) is 24.2 Å². The van der Waals surface area contributed by atoms with E-state index in [1.807, 2.05) is 12.2 Å². The predicted octanol–water partition coefficient (Wildman–Crippen LogP) is 1.66. The third-order valence-corrected chi connectivity index (χ3v) is 5.99. The fraction of sp³-hybridized carbons (Fsp3) is 0.722. The first-order chi connectivity index (χ1) is 11.6. The van der Waals surface area contributed by atoms with Crippen molar-refractivity contribution in [1.29, 1.82) is 0 Å². The van der Waals surface area contributed by atoms with Crippen LogP contribution in [0, 0.1) is 11.8 Å². The van der Waals surface area contributed by atoms with E-state index in [0.717, 1.165) is 12.8 Å². The highest BCUT2D eigenvalue weighted by Crippen LogP contribution is 2.37. The summed E-state index contributed by atoms with van der Waals surface area (Å²) in [4.78, 5) is 40.5. The average Bonchev–Trinajstić information content (AvgIpc) is 2.80. The zero-order valence-corrected chi connectivity index (χ0v) is 13.9. The van der Waals surface area contributed by atoms with Crippen molar-refractivity contribution in [1.82, 2.24) is 15.1 Å². The summed E-state index contributed by atoms with van der Waals surface area (Å²) in [5.41, 5.74) is 0. The van der Waals surface area contributed by atoms with Crippen LogP contribution in [0.15, 0.2) is 12.2 Å². The summed E-state index contributed by atoms with van der Waals surface area (Å²) < 4.78 is 0. The number of carbonyl (C=O) groups is 3. The van der Waals surface area contributed by atoms with Crippen molar-refractivity contribution in [3.05, 3.63) is 12.2 Å².